The fourth-order valence-corrected chi connectivity index (χ4v) is 6.79. The van der Waals surface area contributed by atoms with Crippen molar-refractivity contribution in [2.24, 2.45) is 0 Å². The first-order chi connectivity index (χ1) is 18.4. The first-order valence-electron chi connectivity index (χ1n) is 13.5. The molecule has 198 valence electrons. The number of anilines is 1. The van der Waals surface area contributed by atoms with Gasteiger partial charge in [-0.05, 0) is 56.1 Å². The molecule has 0 saturated carbocycles. The van der Waals surface area contributed by atoms with Gasteiger partial charge in [0.05, 0.1) is 18.8 Å². The van der Waals surface area contributed by atoms with Gasteiger partial charge in [0, 0.05) is 48.7 Å². The number of nitrogens with zero attached hydrogens (tertiary/aromatic N) is 3. The first-order valence-corrected chi connectivity index (χ1v) is 13.5. The summed E-state index contributed by atoms with van der Waals surface area (Å²) < 4.78 is 12.2. The molecule has 1 N–H and O–H groups in total. The van der Waals surface area contributed by atoms with Crippen LogP contribution in [0.1, 0.15) is 52.7 Å². The van der Waals surface area contributed by atoms with Crippen LogP contribution in [0.15, 0.2) is 30.3 Å². The number of rotatable bonds is 3. The number of carbonyl (C=O) groups excluding carboxylic acids is 3. The average Bonchev–Trinajstić information content (AvgIpc) is 3.42. The van der Waals surface area contributed by atoms with E-state index in [4.69, 9.17) is 9.47 Å². The molecule has 2 aromatic carbocycles. The van der Waals surface area contributed by atoms with Crippen molar-refractivity contribution < 1.29 is 23.9 Å². The molecular weight excluding hydrogens is 484 g/mol. The lowest BCUT2D eigenvalue weighted by Crippen LogP contribution is -2.52. The Bertz CT molecular complexity index is 1350. The van der Waals surface area contributed by atoms with Crippen LogP contribution in [0.3, 0.4) is 0 Å². The zero-order valence-corrected chi connectivity index (χ0v) is 21.6. The molecule has 0 aliphatic carbocycles. The molecule has 5 aliphatic heterocycles. The van der Waals surface area contributed by atoms with Crippen molar-refractivity contribution in [3.63, 3.8) is 0 Å². The molecule has 3 amide bonds. The number of piperidine rings is 2. The number of likely N-dealkylation sites (N-methyl/N-ethyl adjacent to an activating group) is 1. The summed E-state index contributed by atoms with van der Waals surface area (Å²) in [6, 6.07) is 9.84. The van der Waals surface area contributed by atoms with Crippen molar-refractivity contribution >= 4 is 23.4 Å². The van der Waals surface area contributed by atoms with Gasteiger partial charge >= 0.3 is 0 Å². The number of hydrogen-bond acceptors (Lipinski definition) is 7. The number of imide groups is 1. The molecule has 5 heterocycles. The number of para-hydroxylation sites is 1. The fourth-order valence-electron chi connectivity index (χ4n) is 6.79. The molecule has 38 heavy (non-hydrogen) atoms. The molecule has 2 saturated heterocycles. The van der Waals surface area contributed by atoms with Gasteiger partial charge in [0.25, 0.3) is 5.91 Å². The minimum Gasteiger partial charge on any atom is -0.492 e. The predicted octanol–water partition coefficient (Wildman–Crippen LogP) is 2.20. The van der Waals surface area contributed by atoms with E-state index in [9.17, 15) is 14.4 Å². The Morgan fingerprint density at radius 2 is 1.92 bits per heavy atom. The predicted molar refractivity (Wildman–Crippen MR) is 139 cm³/mol. The second kappa shape index (κ2) is 8.73. The molecule has 1 unspecified atom stereocenters. The smallest absolute Gasteiger partial charge is 0.255 e. The van der Waals surface area contributed by atoms with E-state index in [0.29, 0.717) is 31.7 Å². The molecule has 7 rings (SSSR count). The molecule has 0 bridgehead atoms. The van der Waals surface area contributed by atoms with Crippen molar-refractivity contribution in [2.75, 3.05) is 44.8 Å². The minimum atomic E-state index is -0.604. The summed E-state index contributed by atoms with van der Waals surface area (Å²) in [6.07, 6.45) is 2.59. The molecule has 0 aromatic heterocycles. The minimum absolute atomic E-state index is 0.0567. The van der Waals surface area contributed by atoms with Crippen LogP contribution in [0, 0.1) is 0 Å². The normalized spacial score (nSPS) is 24.0. The Balaban J connectivity index is 1.07. The van der Waals surface area contributed by atoms with Gasteiger partial charge < -0.3 is 19.3 Å². The van der Waals surface area contributed by atoms with Crippen molar-refractivity contribution in [2.45, 2.75) is 50.2 Å². The number of amides is 3. The van der Waals surface area contributed by atoms with Crippen molar-refractivity contribution in [3.05, 3.63) is 52.6 Å². The summed E-state index contributed by atoms with van der Waals surface area (Å²) in [6.45, 7) is 5.43. The van der Waals surface area contributed by atoms with E-state index in [1.54, 1.807) is 4.90 Å². The van der Waals surface area contributed by atoms with Crippen LogP contribution in [-0.2, 0) is 28.1 Å². The molecule has 5 aliphatic rings. The van der Waals surface area contributed by atoms with E-state index < -0.39 is 6.04 Å². The summed E-state index contributed by atoms with van der Waals surface area (Å²) in [5.41, 5.74) is 5.09. The Morgan fingerprint density at radius 1 is 1.08 bits per heavy atom. The third kappa shape index (κ3) is 3.66. The van der Waals surface area contributed by atoms with Gasteiger partial charge in [0.1, 0.15) is 24.1 Å². The highest BCUT2D eigenvalue weighted by molar-refractivity contribution is 6.05. The summed E-state index contributed by atoms with van der Waals surface area (Å²) >= 11 is 0. The monoisotopic (exact) mass is 516 g/mol. The average molecular weight is 517 g/mol. The lowest BCUT2D eigenvalue weighted by molar-refractivity contribution is -0.136. The maximum Gasteiger partial charge on any atom is 0.255 e. The number of ether oxygens (including phenoxy) is 2. The van der Waals surface area contributed by atoms with E-state index in [-0.39, 0.29) is 29.6 Å². The number of nitrogens with one attached hydrogen (secondary N) is 1. The lowest BCUT2D eigenvalue weighted by atomic mass is 9.74. The van der Waals surface area contributed by atoms with Crippen LogP contribution < -0.4 is 19.7 Å². The standard InChI is InChI=1S/C29H32N4O5/c1-31-11-12-37-26-18(3-2-4-22(26)31)15-32-9-7-29(8-10-32)17-38-24-14-20-19(13-21(24)29)16-33(28(20)36)23-5-6-25(34)30-27(23)35/h2-4,13-14,23H,5-12,15-17H2,1H3,(H,30,34,35). The highest BCUT2D eigenvalue weighted by Gasteiger charge is 2.46. The van der Waals surface area contributed by atoms with Gasteiger partial charge in [-0.1, -0.05) is 12.1 Å². The molecule has 9 nitrogen and oxygen atoms in total. The van der Waals surface area contributed by atoms with Gasteiger partial charge in [-0.2, -0.15) is 0 Å². The third-order valence-electron chi connectivity index (χ3n) is 9.07. The summed E-state index contributed by atoms with van der Waals surface area (Å²) in [4.78, 5) is 43.6. The second-order valence-corrected chi connectivity index (χ2v) is 11.3. The SMILES string of the molecule is CN1CCOc2c(CN3CCC4(CC3)COc3cc5c(cc34)CN(C3CCC(=O)NC3=O)C5=O)cccc21. The Labute approximate surface area is 221 Å². The van der Waals surface area contributed by atoms with E-state index >= 15 is 0 Å². The van der Waals surface area contributed by atoms with Gasteiger partial charge in [-0.3, -0.25) is 24.6 Å². The van der Waals surface area contributed by atoms with Crippen molar-refractivity contribution in [1.29, 1.82) is 0 Å². The van der Waals surface area contributed by atoms with Crippen LogP contribution in [0.2, 0.25) is 0 Å². The molecule has 2 fully saturated rings. The molecule has 1 spiro atoms. The molecule has 1 atom stereocenters. The number of hydrogen-bond donors (Lipinski definition) is 1. The summed E-state index contributed by atoms with van der Waals surface area (Å²) in [5, 5.41) is 2.37. The number of carbonyl (C=O) groups is 3. The third-order valence-corrected chi connectivity index (χ3v) is 9.07. The van der Waals surface area contributed by atoms with Crippen molar-refractivity contribution in [3.8, 4) is 11.5 Å². The number of likely N-dealkylation sites (tertiary alicyclic amines) is 1. The Morgan fingerprint density at radius 3 is 2.74 bits per heavy atom. The fraction of sp³-hybridized carbons (Fsp3) is 0.483. The van der Waals surface area contributed by atoms with Crippen molar-refractivity contribution in [1.82, 2.24) is 15.1 Å². The van der Waals surface area contributed by atoms with Gasteiger partial charge in [0.15, 0.2) is 0 Å². The second-order valence-electron chi connectivity index (χ2n) is 11.3. The molecule has 2 aromatic rings. The largest absolute Gasteiger partial charge is 0.492 e. The van der Waals surface area contributed by atoms with Crippen LogP contribution >= 0.6 is 0 Å². The van der Waals surface area contributed by atoms with Crippen LogP contribution in [0.4, 0.5) is 5.69 Å². The Kier molecular flexibility index (Phi) is 5.40. The maximum atomic E-state index is 13.2. The van der Waals surface area contributed by atoms with E-state index in [2.05, 4.69) is 46.4 Å². The summed E-state index contributed by atoms with van der Waals surface area (Å²) in [7, 11) is 2.11. The number of benzene rings is 2. The quantitative estimate of drug-likeness (QED) is 0.626. The summed E-state index contributed by atoms with van der Waals surface area (Å²) in [5.74, 6) is 0.992. The zero-order chi connectivity index (χ0) is 26.0. The zero-order valence-electron chi connectivity index (χ0n) is 21.6. The van der Waals surface area contributed by atoms with Gasteiger partial charge in [0.2, 0.25) is 11.8 Å². The highest BCUT2D eigenvalue weighted by atomic mass is 16.5. The first kappa shape index (κ1) is 23.5. The molecular formula is C29H32N4O5. The van der Waals surface area contributed by atoms with Crippen LogP contribution in [-0.4, -0.2) is 73.5 Å². The van der Waals surface area contributed by atoms with Gasteiger partial charge in [-0.15, -0.1) is 0 Å². The van der Waals surface area contributed by atoms with Crippen LogP contribution in [0.5, 0.6) is 11.5 Å². The maximum absolute atomic E-state index is 13.2. The van der Waals surface area contributed by atoms with E-state index in [0.717, 1.165) is 61.8 Å². The van der Waals surface area contributed by atoms with E-state index in [1.165, 1.54) is 11.1 Å². The van der Waals surface area contributed by atoms with E-state index in [1.807, 2.05) is 6.07 Å². The molecule has 0 radical (unpaired) electrons. The lowest BCUT2D eigenvalue weighted by Gasteiger charge is -2.39. The van der Waals surface area contributed by atoms with Gasteiger partial charge in [-0.25, -0.2) is 0 Å². The highest BCUT2D eigenvalue weighted by Crippen LogP contribution is 2.48. The molecule has 9 heteroatoms. The van der Waals surface area contributed by atoms with Crippen LogP contribution in [0.25, 0.3) is 0 Å². The topological polar surface area (TPSA) is 91.4 Å². The number of fused-ring (bicyclic) bond motifs is 4. The Hall–Kier alpha value is -3.59.